The minimum absolute atomic E-state index is 1.03. The highest BCUT2D eigenvalue weighted by atomic mass is 14.7. The number of benzene rings is 2. The third-order valence-corrected chi connectivity index (χ3v) is 4.43. The van der Waals surface area contributed by atoms with E-state index in [9.17, 15) is 0 Å². The lowest BCUT2D eigenvalue weighted by Crippen LogP contribution is -1.87. The third kappa shape index (κ3) is 4.11. The quantitative estimate of drug-likeness (QED) is 0.476. The normalized spacial score (nSPS) is 10.8. The monoisotopic (exact) mass is 315 g/mol. The molecule has 0 aliphatic heterocycles. The molecule has 0 atom stereocenters. The Hall–Kier alpha value is -2.41. The minimum atomic E-state index is 1.03. The molecule has 3 rings (SSSR count). The second-order valence-electron chi connectivity index (χ2n) is 6.46. The Bertz CT molecular complexity index is 770. The van der Waals surface area contributed by atoms with Crippen LogP contribution in [-0.4, -0.2) is 4.98 Å². The fraction of sp³-hybridized carbons (Fsp3) is 0.261. The molecule has 0 unspecified atom stereocenters. The summed E-state index contributed by atoms with van der Waals surface area (Å²) in [7, 11) is 0. The van der Waals surface area contributed by atoms with E-state index in [1.54, 1.807) is 0 Å². The molecular formula is C23H25N. The van der Waals surface area contributed by atoms with Crippen LogP contribution in [0.4, 0.5) is 0 Å². The van der Waals surface area contributed by atoms with Crippen LogP contribution in [0.25, 0.3) is 22.4 Å². The summed E-state index contributed by atoms with van der Waals surface area (Å²) in [4.78, 5) is 4.54. The van der Waals surface area contributed by atoms with E-state index >= 15 is 0 Å². The number of rotatable bonds is 6. The number of hydrogen-bond donors (Lipinski definition) is 0. The van der Waals surface area contributed by atoms with Crippen LogP contribution < -0.4 is 0 Å². The molecule has 0 aliphatic rings. The lowest BCUT2D eigenvalue weighted by Gasteiger charge is -2.07. The standard InChI is InChI=1S/C23H25N/c1-3-4-5-7-19-11-13-20(14-12-19)21-8-6-9-22(16-21)23-15-10-18(2)17-24-23/h6,8-17H,3-5,7H2,1-2H3. The summed E-state index contributed by atoms with van der Waals surface area (Å²) in [6, 6.07) is 21.8. The SMILES string of the molecule is CCCCCc1ccc(-c2cccc(-c3ccc(C)cn3)c2)cc1. The van der Waals surface area contributed by atoms with Gasteiger partial charge in [-0.15, -0.1) is 0 Å². The number of aromatic nitrogens is 1. The van der Waals surface area contributed by atoms with E-state index < -0.39 is 0 Å². The molecule has 1 heteroatoms. The zero-order valence-electron chi connectivity index (χ0n) is 14.6. The first-order chi connectivity index (χ1) is 11.8. The van der Waals surface area contributed by atoms with Gasteiger partial charge >= 0.3 is 0 Å². The number of hydrogen-bond acceptors (Lipinski definition) is 1. The molecule has 24 heavy (non-hydrogen) atoms. The molecule has 3 aromatic rings. The van der Waals surface area contributed by atoms with Crippen LogP contribution in [-0.2, 0) is 6.42 Å². The Labute approximate surface area is 145 Å². The van der Waals surface area contributed by atoms with Crippen LogP contribution in [0.5, 0.6) is 0 Å². The van der Waals surface area contributed by atoms with Gasteiger partial charge in [0.05, 0.1) is 5.69 Å². The van der Waals surface area contributed by atoms with Gasteiger partial charge in [-0.2, -0.15) is 0 Å². The summed E-state index contributed by atoms with van der Waals surface area (Å²) in [5, 5.41) is 0. The van der Waals surface area contributed by atoms with Crippen molar-refractivity contribution in [3.8, 4) is 22.4 Å². The maximum atomic E-state index is 4.54. The molecule has 0 amide bonds. The lowest BCUT2D eigenvalue weighted by atomic mass is 9.99. The van der Waals surface area contributed by atoms with Gasteiger partial charge in [0.25, 0.3) is 0 Å². The molecule has 0 spiro atoms. The van der Waals surface area contributed by atoms with Crippen molar-refractivity contribution < 1.29 is 0 Å². The van der Waals surface area contributed by atoms with Crippen LogP contribution >= 0.6 is 0 Å². The van der Waals surface area contributed by atoms with E-state index in [1.165, 1.54) is 53.5 Å². The van der Waals surface area contributed by atoms with Crippen LogP contribution in [0.3, 0.4) is 0 Å². The van der Waals surface area contributed by atoms with Crippen LogP contribution in [0.1, 0.15) is 37.3 Å². The van der Waals surface area contributed by atoms with Gasteiger partial charge in [-0.25, -0.2) is 0 Å². The second kappa shape index (κ2) is 7.92. The molecule has 0 bridgehead atoms. The smallest absolute Gasteiger partial charge is 0.0702 e. The van der Waals surface area contributed by atoms with E-state index in [0.717, 1.165) is 5.69 Å². The van der Waals surface area contributed by atoms with Crippen molar-refractivity contribution in [2.45, 2.75) is 39.5 Å². The maximum Gasteiger partial charge on any atom is 0.0702 e. The van der Waals surface area contributed by atoms with Gasteiger partial charge in [0, 0.05) is 11.8 Å². The van der Waals surface area contributed by atoms with E-state index in [-0.39, 0.29) is 0 Å². The zero-order valence-corrected chi connectivity index (χ0v) is 14.6. The second-order valence-corrected chi connectivity index (χ2v) is 6.46. The van der Waals surface area contributed by atoms with E-state index in [2.05, 4.69) is 79.5 Å². The van der Waals surface area contributed by atoms with E-state index in [4.69, 9.17) is 0 Å². The molecule has 0 saturated heterocycles. The van der Waals surface area contributed by atoms with Crippen LogP contribution in [0.2, 0.25) is 0 Å². The Balaban J connectivity index is 1.79. The summed E-state index contributed by atoms with van der Waals surface area (Å²) in [5.74, 6) is 0. The topological polar surface area (TPSA) is 12.9 Å². The van der Waals surface area contributed by atoms with Crippen molar-refractivity contribution in [3.05, 3.63) is 78.0 Å². The molecule has 0 N–H and O–H groups in total. The first-order valence-electron chi connectivity index (χ1n) is 8.88. The van der Waals surface area contributed by atoms with Gasteiger partial charge in [0.1, 0.15) is 0 Å². The molecule has 0 fully saturated rings. The fourth-order valence-corrected chi connectivity index (χ4v) is 2.94. The Morgan fingerprint density at radius 3 is 2.29 bits per heavy atom. The first kappa shape index (κ1) is 16.4. The molecule has 1 aromatic heterocycles. The van der Waals surface area contributed by atoms with E-state index in [1.807, 2.05) is 6.20 Å². The van der Waals surface area contributed by atoms with Crippen molar-refractivity contribution in [1.29, 1.82) is 0 Å². The minimum Gasteiger partial charge on any atom is -0.256 e. The molecule has 0 aliphatic carbocycles. The Kier molecular flexibility index (Phi) is 5.43. The largest absolute Gasteiger partial charge is 0.256 e. The summed E-state index contributed by atoms with van der Waals surface area (Å²) in [5.41, 5.74) is 7.33. The van der Waals surface area contributed by atoms with Crippen molar-refractivity contribution in [2.24, 2.45) is 0 Å². The van der Waals surface area contributed by atoms with Gasteiger partial charge in [0.15, 0.2) is 0 Å². The van der Waals surface area contributed by atoms with Crippen LogP contribution in [0, 0.1) is 6.92 Å². The van der Waals surface area contributed by atoms with Crippen molar-refractivity contribution in [1.82, 2.24) is 4.98 Å². The predicted octanol–water partition coefficient (Wildman–Crippen LogP) is 6.46. The van der Waals surface area contributed by atoms with Gasteiger partial charge in [-0.1, -0.05) is 68.3 Å². The Morgan fingerprint density at radius 2 is 1.58 bits per heavy atom. The molecule has 0 saturated carbocycles. The number of nitrogens with zero attached hydrogens (tertiary/aromatic N) is 1. The molecule has 2 aromatic carbocycles. The highest BCUT2D eigenvalue weighted by molar-refractivity contribution is 5.71. The van der Waals surface area contributed by atoms with E-state index in [0.29, 0.717) is 0 Å². The lowest BCUT2D eigenvalue weighted by molar-refractivity contribution is 0.717. The summed E-state index contributed by atoms with van der Waals surface area (Å²) in [6.07, 6.45) is 6.98. The molecule has 1 heterocycles. The number of unbranched alkanes of at least 4 members (excludes halogenated alkanes) is 2. The van der Waals surface area contributed by atoms with Gasteiger partial charge < -0.3 is 0 Å². The highest BCUT2D eigenvalue weighted by Crippen LogP contribution is 2.26. The molecule has 122 valence electrons. The van der Waals surface area contributed by atoms with Gasteiger partial charge in [0.2, 0.25) is 0 Å². The average molecular weight is 315 g/mol. The summed E-state index contributed by atoms with van der Waals surface area (Å²) >= 11 is 0. The fourth-order valence-electron chi connectivity index (χ4n) is 2.94. The van der Waals surface area contributed by atoms with Crippen molar-refractivity contribution >= 4 is 0 Å². The molecular weight excluding hydrogens is 290 g/mol. The molecule has 1 nitrogen and oxygen atoms in total. The van der Waals surface area contributed by atoms with Gasteiger partial charge in [-0.05, 0) is 54.2 Å². The van der Waals surface area contributed by atoms with Crippen molar-refractivity contribution in [3.63, 3.8) is 0 Å². The number of aryl methyl sites for hydroxylation is 2. The summed E-state index contributed by atoms with van der Waals surface area (Å²) in [6.45, 7) is 4.31. The zero-order chi connectivity index (χ0) is 16.8. The predicted molar refractivity (Wildman–Crippen MR) is 103 cm³/mol. The maximum absolute atomic E-state index is 4.54. The van der Waals surface area contributed by atoms with Crippen molar-refractivity contribution in [2.75, 3.05) is 0 Å². The summed E-state index contributed by atoms with van der Waals surface area (Å²) < 4.78 is 0. The van der Waals surface area contributed by atoms with Gasteiger partial charge in [-0.3, -0.25) is 4.98 Å². The van der Waals surface area contributed by atoms with Crippen LogP contribution in [0.15, 0.2) is 66.9 Å². The average Bonchev–Trinajstić information content (AvgIpc) is 2.63. The number of pyridine rings is 1. The third-order valence-electron chi connectivity index (χ3n) is 4.43. The first-order valence-corrected chi connectivity index (χ1v) is 8.88. The Morgan fingerprint density at radius 1 is 0.792 bits per heavy atom. The highest BCUT2D eigenvalue weighted by Gasteiger charge is 2.03. The molecule has 0 radical (unpaired) electrons.